The Hall–Kier alpha value is -1.09. The standard InChI is InChI=1S/C14H20N2S/c1-13(2)12(14(13,3)4)16-10-8-6-5-7-9(10)11(15)17/h5-8,12,16H,1-4H3,(H2,15,17). The predicted octanol–water partition coefficient (Wildman–Crippen LogP) is 3.17. The molecule has 1 aliphatic carbocycles. The fourth-order valence-corrected chi connectivity index (χ4v) is 2.71. The average Bonchev–Trinajstić information content (AvgIpc) is 2.61. The molecule has 1 aliphatic rings. The summed E-state index contributed by atoms with van der Waals surface area (Å²) in [5, 5.41) is 3.58. The molecule has 0 bridgehead atoms. The van der Waals surface area contributed by atoms with E-state index in [1.165, 1.54) is 0 Å². The summed E-state index contributed by atoms with van der Waals surface area (Å²) in [7, 11) is 0. The van der Waals surface area contributed by atoms with Crippen LogP contribution in [0.1, 0.15) is 33.3 Å². The lowest BCUT2D eigenvalue weighted by Gasteiger charge is -2.12. The van der Waals surface area contributed by atoms with Crippen LogP contribution in [0.5, 0.6) is 0 Å². The van der Waals surface area contributed by atoms with Gasteiger partial charge in [-0.25, -0.2) is 0 Å². The minimum absolute atomic E-state index is 0.302. The molecule has 0 aliphatic heterocycles. The van der Waals surface area contributed by atoms with Crippen molar-refractivity contribution in [3.63, 3.8) is 0 Å². The molecule has 92 valence electrons. The molecule has 0 heterocycles. The van der Waals surface area contributed by atoms with Crippen LogP contribution in [0.3, 0.4) is 0 Å². The van der Waals surface area contributed by atoms with Gasteiger partial charge >= 0.3 is 0 Å². The highest BCUT2D eigenvalue weighted by Gasteiger charge is 2.64. The van der Waals surface area contributed by atoms with Gasteiger partial charge < -0.3 is 11.1 Å². The van der Waals surface area contributed by atoms with Gasteiger partial charge in [0.15, 0.2) is 0 Å². The number of hydrogen-bond acceptors (Lipinski definition) is 2. The third kappa shape index (κ3) is 1.82. The number of rotatable bonds is 3. The van der Waals surface area contributed by atoms with Gasteiger partial charge in [-0.05, 0) is 23.0 Å². The Morgan fingerprint density at radius 2 is 1.71 bits per heavy atom. The molecule has 17 heavy (non-hydrogen) atoms. The molecule has 0 unspecified atom stereocenters. The second-order valence-corrected chi connectivity index (χ2v) is 6.37. The van der Waals surface area contributed by atoms with E-state index in [1.807, 2.05) is 24.3 Å². The maximum Gasteiger partial charge on any atom is 0.106 e. The highest BCUT2D eigenvalue weighted by molar-refractivity contribution is 7.80. The zero-order chi connectivity index (χ0) is 12.8. The van der Waals surface area contributed by atoms with E-state index in [9.17, 15) is 0 Å². The number of nitrogens with one attached hydrogen (secondary N) is 1. The number of benzene rings is 1. The minimum atomic E-state index is 0.302. The van der Waals surface area contributed by atoms with Gasteiger partial charge in [-0.3, -0.25) is 0 Å². The quantitative estimate of drug-likeness (QED) is 0.807. The van der Waals surface area contributed by atoms with Crippen molar-refractivity contribution in [1.82, 2.24) is 0 Å². The molecule has 3 N–H and O–H groups in total. The molecule has 1 aromatic rings. The van der Waals surface area contributed by atoms with Crippen LogP contribution in [0.25, 0.3) is 0 Å². The number of anilines is 1. The Labute approximate surface area is 109 Å². The Morgan fingerprint density at radius 3 is 2.18 bits per heavy atom. The number of thiocarbonyl (C=S) groups is 1. The maximum atomic E-state index is 5.74. The van der Waals surface area contributed by atoms with Crippen molar-refractivity contribution in [2.75, 3.05) is 5.32 Å². The summed E-state index contributed by atoms with van der Waals surface area (Å²) in [6.07, 6.45) is 0. The number of para-hydroxylation sites is 1. The third-order valence-corrected chi connectivity index (χ3v) is 4.73. The Bertz CT molecular complexity index is 449. The van der Waals surface area contributed by atoms with E-state index < -0.39 is 0 Å². The van der Waals surface area contributed by atoms with Crippen molar-refractivity contribution < 1.29 is 0 Å². The summed E-state index contributed by atoms with van der Waals surface area (Å²) < 4.78 is 0. The average molecular weight is 248 g/mol. The lowest BCUT2D eigenvalue weighted by atomic mass is 10.0. The molecule has 0 atom stereocenters. The van der Waals surface area contributed by atoms with Gasteiger partial charge in [0.1, 0.15) is 4.99 Å². The Balaban J connectivity index is 2.25. The maximum absolute atomic E-state index is 5.74. The molecular weight excluding hydrogens is 228 g/mol. The van der Waals surface area contributed by atoms with Gasteiger partial charge in [0.05, 0.1) is 0 Å². The van der Waals surface area contributed by atoms with Crippen molar-refractivity contribution in [3.8, 4) is 0 Å². The van der Waals surface area contributed by atoms with Gasteiger partial charge in [-0.1, -0.05) is 52.0 Å². The number of nitrogens with two attached hydrogens (primary N) is 1. The molecule has 2 nitrogen and oxygen atoms in total. The molecule has 1 aromatic carbocycles. The molecule has 2 rings (SSSR count). The van der Waals surface area contributed by atoms with E-state index in [0.717, 1.165) is 11.3 Å². The summed E-state index contributed by atoms with van der Waals surface area (Å²) in [6.45, 7) is 9.14. The first-order chi connectivity index (χ1) is 7.78. The third-order valence-electron chi connectivity index (χ3n) is 4.51. The first-order valence-corrected chi connectivity index (χ1v) is 6.34. The molecule has 1 fully saturated rings. The minimum Gasteiger partial charge on any atom is -0.389 e. The van der Waals surface area contributed by atoms with E-state index in [-0.39, 0.29) is 0 Å². The second-order valence-electron chi connectivity index (χ2n) is 5.93. The van der Waals surface area contributed by atoms with Crippen LogP contribution in [0.2, 0.25) is 0 Å². The van der Waals surface area contributed by atoms with Crippen molar-refractivity contribution in [3.05, 3.63) is 29.8 Å². The highest BCUT2D eigenvalue weighted by Crippen LogP contribution is 2.63. The van der Waals surface area contributed by atoms with E-state index in [2.05, 4.69) is 33.0 Å². The van der Waals surface area contributed by atoms with Crippen molar-refractivity contribution in [2.24, 2.45) is 16.6 Å². The fourth-order valence-electron chi connectivity index (χ4n) is 2.54. The predicted molar refractivity (Wildman–Crippen MR) is 77.3 cm³/mol. The van der Waals surface area contributed by atoms with Crippen LogP contribution in [-0.4, -0.2) is 11.0 Å². The van der Waals surface area contributed by atoms with Gasteiger partial charge in [0.25, 0.3) is 0 Å². The fraction of sp³-hybridized carbons (Fsp3) is 0.500. The van der Waals surface area contributed by atoms with E-state index in [4.69, 9.17) is 18.0 Å². The van der Waals surface area contributed by atoms with Gasteiger partial charge in [-0.15, -0.1) is 0 Å². The van der Waals surface area contributed by atoms with E-state index in [1.54, 1.807) is 0 Å². The largest absolute Gasteiger partial charge is 0.389 e. The summed E-state index contributed by atoms with van der Waals surface area (Å²) in [5.74, 6) is 0. The summed E-state index contributed by atoms with van der Waals surface area (Å²) in [4.78, 5) is 0.448. The van der Waals surface area contributed by atoms with Crippen LogP contribution < -0.4 is 11.1 Å². The molecule has 0 aromatic heterocycles. The zero-order valence-corrected chi connectivity index (χ0v) is 11.7. The van der Waals surface area contributed by atoms with Gasteiger partial charge in [0.2, 0.25) is 0 Å². The van der Waals surface area contributed by atoms with Crippen LogP contribution in [-0.2, 0) is 0 Å². The van der Waals surface area contributed by atoms with Crippen LogP contribution in [0, 0.1) is 10.8 Å². The van der Waals surface area contributed by atoms with Crippen molar-refractivity contribution in [2.45, 2.75) is 33.7 Å². The van der Waals surface area contributed by atoms with Crippen molar-refractivity contribution >= 4 is 22.9 Å². The summed E-state index contributed by atoms with van der Waals surface area (Å²) >= 11 is 5.07. The molecule has 0 radical (unpaired) electrons. The van der Waals surface area contributed by atoms with Gasteiger partial charge in [0, 0.05) is 17.3 Å². The second kappa shape index (κ2) is 3.70. The molecule has 0 amide bonds. The molecule has 1 saturated carbocycles. The number of hydrogen-bond donors (Lipinski definition) is 2. The van der Waals surface area contributed by atoms with Crippen LogP contribution in [0.15, 0.2) is 24.3 Å². The Kier molecular flexibility index (Phi) is 2.69. The Morgan fingerprint density at radius 1 is 1.18 bits per heavy atom. The highest BCUT2D eigenvalue weighted by atomic mass is 32.1. The first kappa shape index (κ1) is 12.4. The van der Waals surface area contributed by atoms with E-state index >= 15 is 0 Å². The molecule has 3 heteroatoms. The molecule has 0 saturated heterocycles. The topological polar surface area (TPSA) is 38.0 Å². The van der Waals surface area contributed by atoms with Gasteiger partial charge in [-0.2, -0.15) is 0 Å². The SMILES string of the molecule is CC1(C)C(Nc2ccccc2C(N)=S)C1(C)C. The monoisotopic (exact) mass is 248 g/mol. The first-order valence-electron chi connectivity index (χ1n) is 5.94. The molecular formula is C14H20N2S. The smallest absolute Gasteiger partial charge is 0.106 e. The summed E-state index contributed by atoms with van der Waals surface area (Å²) in [5.41, 5.74) is 8.32. The zero-order valence-electron chi connectivity index (χ0n) is 10.9. The van der Waals surface area contributed by atoms with Crippen molar-refractivity contribution in [1.29, 1.82) is 0 Å². The normalized spacial score (nSPS) is 20.9. The van der Waals surface area contributed by atoms with Crippen LogP contribution >= 0.6 is 12.2 Å². The molecule has 0 spiro atoms. The lowest BCUT2D eigenvalue weighted by molar-refractivity contribution is 0.457. The summed E-state index contributed by atoms with van der Waals surface area (Å²) in [6, 6.07) is 8.44. The van der Waals surface area contributed by atoms with Crippen LogP contribution in [0.4, 0.5) is 5.69 Å². The van der Waals surface area contributed by atoms with E-state index in [0.29, 0.717) is 21.9 Å². The lowest BCUT2D eigenvalue weighted by Crippen LogP contribution is -2.16.